The third-order valence-electron chi connectivity index (χ3n) is 6.97. The molecule has 1 saturated carbocycles. The van der Waals surface area contributed by atoms with Gasteiger partial charge in [-0.15, -0.1) is 0 Å². The quantitative estimate of drug-likeness (QED) is 0.300. The Labute approximate surface area is 187 Å². The van der Waals surface area contributed by atoms with E-state index in [0.29, 0.717) is 25.6 Å². The number of aryl methyl sites for hydroxylation is 1. The SMILES string of the molecule is CCNC(=NCCn1c(C)nc2ccccc21)NCCN1C(=O)C2C3C=CC(C3)C2C1=O. The molecule has 2 aliphatic carbocycles. The Morgan fingerprint density at radius 2 is 1.81 bits per heavy atom. The van der Waals surface area contributed by atoms with E-state index in [1.54, 1.807) is 0 Å². The zero-order valence-corrected chi connectivity index (χ0v) is 18.6. The lowest BCUT2D eigenvalue weighted by molar-refractivity contribution is -0.140. The molecule has 0 spiro atoms. The summed E-state index contributed by atoms with van der Waals surface area (Å²) in [5.74, 6) is 1.91. The van der Waals surface area contributed by atoms with Crippen molar-refractivity contribution in [3.63, 3.8) is 0 Å². The third kappa shape index (κ3) is 3.47. The van der Waals surface area contributed by atoms with Crippen LogP contribution >= 0.6 is 0 Å². The number of para-hydroxylation sites is 2. The molecule has 1 aromatic heterocycles. The zero-order chi connectivity index (χ0) is 22.2. The molecule has 3 aliphatic rings. The van der Waals surface area contributed by atoms with E-state index in [4.69, 9.17) is 0 Å². The van der Waals surface area contributed by atoms with Crippen LogP contribution in [0.25, 0.3) is 11.0 Å². The number of aromatic nitrogens is 2. The number of guanidine groups is 1. The van der Waals surface area contributed by atoms with Crippen LogP contribution in [0.15, 0.2) is 41.4 Å². The molecule has 4 atom stereocenters. The molecule has 2 heterocycles. The van der Waals surface area contributed by atoms with Crippen molar-refractivity contribution in [2.45, 2.75) is 26.8 Å². The first kappa shape index (κ1) is 20.7. The smallest absolute Gasteiger partial charge is 0.233 e. The van der Waals surface area contributed by atoms with Crippen molar-refractivity contribution in [3.05, 3.63) is 42.2 Å². The Hall–Kier alpha value is -3.16. The molecule has 168 valence electrons. The number of carbonyl (C=O) groups is 2. The number of aliphatic imine (C=N–C) groups is 1. The highest BCUT2D eigenvalue weighted by Gasteiger charge is 2.58. The summed E-state index contributed by atoms with van der Waals surface area (Å²) in [6, 6.07) is 8.11. The second-order valence-electron chi connectivity index (χ2n) is 8.81. The number of hydrogen-bond donors (Lipinski definition) is 2. The zero-order valence-electron chi connectivity index (χ0n) is 18.6. The standard InChI is InChI=1S/C24H30N6O2/c1-3-25-24(26-10-12-29-15(2)28-18-6-4-5-7-19(18)29)27-11-13-30-22(31)20-16-8-9-17(14-16)21(20)23(30)32/h4-9,16-17,20-21H,3,10-14H2,1-2H3,(H2,25,26,27). The van der Waals surface area contributed by atoms with Crippen molar-refractivity contribution < 1.29 is 9.59 Å². The molecule has 2 aromatic rings. The number of allylic oxidation sites excluding steroid dienone is 2. The van der Waals surface area contributed by atoms with Crippen LogP contribution in [0.5, 0.6) is 0 Å². The van der Waals surface area contributed by atoms with Gasteiger partial charge in [-0.05, 0) is 44.2 Å². The molecule has 2 N–H and O–H groups in total. The third-order valence-corrected chi connectivity index (χ3v) is 6.97. The summed E-state index contributed by atoms with van der Waals surface area (Å²) in [6.45, 7) is 6.94. The molecule has 5 rings (SSSR count). The number of benzene rings is 1. The fourth-order valence-corrected chi connectivity index (χ4v) is 5.55. The van der Waals surface area contributed by atoms with Gasteiger partial charge in [0.2, 0.25) is 11.8 Å². The van der Waals surface area contributed by atoms with Crippen LogP contribution in [0, 0.1) is 30.6 Å². The highest BCUT2D eigenvalue weighted by Crippen LogP contribution is 2.52. The molecule has 1 aliphatic heterocycles. The normalized spacial score (nSPS) is 26.4. The summed E-state index contributed by atoms with van der Waals surface area (Å²) in [5.41, 5.74) is 2.10. The van der Waals surface area contributed by atoms with Gasteiger partial charge in [0.05, 0.1) is 29.4 Å². The molecule has 2 fully saturated rings. The number of nitrogens with one attached hydrogen (secondary N) is 2. The summed E-state index contributed by atoms with van der Waals surface area (Å²) in [7, 11) is 0. The van der Waals surface area contributed by atoms with E-state index in [-0.39, 0.29) is 35.5 Å². The number of fused-ring (bicyclic) bond motifs is 6. The van der Waals surface area contributed by atoms with E-state index in [1.807, 2.05) is 32.0 Å². The van der Waals surface area contributed by atoms with Crippen LogP contribution in [-0.2, 0) is 16.1 Å². The number of carbonyl (C=O) groups excluding carboxylic acids is 2. The van der Waals surface area contributed by atoms with Crippen molar-refractivity contribution in [1.29, 1.82) is 0 Å². The number of imide groups is 1. The van der Waals surface area contributed by atoms with Crippen LogP contribution in [0.2, 0.25) is 0 Å². The molecule has 0 radical (unpaired) electrons. The summed E-state index contributed by atoms with van der Waals surface area (Å²) in [6.07, 6.45) is 5.21. The maximum Gasteiger partial charge on any atom is 0.233 e. The molecule has 2 amide bonds. The van der Waals surface area contributed by atoms with E-state index in [1.165, 1.54) is 4.90 Å². The Morgan fingerprint density at radius 3 is 2.53 bits per heavy atom. The van der Waals surface area contributed by atoms with Gasteiger partial charge in [-0.25, -0.2) is 4.98 Å². The fourth-order valence-electron chi connectivity index (χ4n) is 5.55. The van der Waals surface area contributed by atoms with Crippen molar-refractivity contribution in [2.24, 2.45) is 28.7 Å². The monoisotopic (exact) mass is 434 g/mol. The van der Waals surface area contributed by atoms with Gasteiger partial charge in [-0.3, -0.25) is 19.5 Å². The van der Waals surface area contributed by atoms with Crippen molar-refractivity contribution in [3.8, 4) is 0 Å². The van der Waals surface area contributed by atoms with Gasteiger partial charge < -0.3 is 15.2 Å². The molecule has 32 heavy (non-hydrogen) atoms. The Morgan fingerprint density at radius 1 is 1.09 bits per heavy atom. The summed E-state index contributed by atoms with van der Waals surface area (Å²) >= 11 is 0. The topological polar surface area (TPSA) is 91.6 Å². The Balaban J connectivity index is 1.17. The van der Waals surface area contributed by atoms with Crippen LogP contribution in [0.4, 0.5) is 0 Å². The maximum atomic E-state index is 12.8. The van der Waals surface area contributed by atoms with Gasteiger partial charge in [0.25, 0.3) is 0 Å². The summed E-state index contributed by atoms with van der Waals surface area (Å²) in [4.78, 5) is 36.4. The summed E-state index contributed by atoms with van der Waals surface area (Å²) < 4.78 is 2.17. The minimum atomic E-state index is -0.132. The van der Waals surface area contributed by atoms with E-state index in [0.717, 1.165) is 36.4 Å². The number of rotatable bonds is 7. The Bertz CT molecular complexity index is 1070. The predicted molar refractivity (Wildman–Crippen MR) is 123 cm³/mol. The lowest BCUT2D eigenvalue weighted by Gasteiger charge is -2.18. The van der Waals surface area contributed by atoms with Crippen molar-refractivity contribution in [1.82, 2.24) is 25.1 Å². The van der Waals surface area contributed by atoms with Crippen molar-refractivity contribution >= 4 is 28.8 Å². The van der Waals surface area contributed by atoms with E-state index < -0.39 is 0 Å². The van der Waals surface area contributed by atoms with Gasteiger partial charge in [0, 0.05) is 26.2 Å². The lowest BCUT2D eigenvalue weighted by atomic mass is 9.85. The van der Waals surface area contributed by atoms with Gasteiger partial charge in [0.1, 0.15) is 5.82 Å². The predicted octanol–water partition coefficient (Wildman–Crippen LogP) is 1.71. The highest BCUT2D eigenvalue weighted by atomic mass is 16.2. The molecule has 4 unspecified atom stereocenters. The van der Waals surface area contributed by atoms with Crippen molar-refractivity contribution in [2.75, 3.05) is 26.2 Å². The number of amides is 2. The second-order valence-corrected chi connectivity index (χ2v) is 8.81. The average molecular weight is 435 g/mol. The van der Waals surface area contributed by atoms with E-state index >= 15 is 0 Å². The fraction of sp³-hybridized carbons (Fsp3) is 0.500. The molecular formula is C24H30N6O2. The van der Waals surface area contributed by atoms with Gasteiger partial charge in [-0.1, -0.05) is 24.3 Å². The minimum absolute atomic E-state index is 0.00282. The largest absolute Gasteiger partial charge is 0.357 e. The van der Waals surface area contributed by atoms with Crippen LogP contribution in [0.3, 0.4) is 0 Å². The van der Waals surface area contributed by atoms with E-state index in [2.05, 4.69) is 43.4 Å². The molecule has 8 heteroatoms. The first-order valence-electron chi connectivity index (χ1n) is 11.6. The average Bonchev–Trinajstić information content (AvgIpc) is 3.53. The lowest BCUT2D eigenvalue weighted by Crippen LogP contribution is -2.43. The Kier molecular flexibility index (Phi) is 5.45. The first-order valence-corrected chi connectivity index (χ1v) is 11.6. The van der Waals surface area contributed by atoms with Crippen LogP contribution < -0.4 is 10.6 Å². The van der Waals surface area contributed by atoms with Gasteiger partial charge in [0.15, 0.2) is 5.96 Å². The molecule has 2 bridgehead atoms. The number of hydrogen-bond acceptors (Lipinski definition) is 4. The molecular weight excluding hydrogens is 404 g/mol. The highest BCUT2D eigenvalue weighted by molar-refractivity contribution is 6.06. The summed E-state index contributed by atoms with van der Waals surface area (Å²) in [5, 5.41) is 6.52. The first-order chi connectivity index (χ1) is 15.6. The molecule has 8 nitrogen and oxygen atoms in total. The van der Waals surface area contributed by atoms with E-state index in [9.17, 15) is 9.59 Å². The number of nitrogens with zero attached hydrogens (tertiary/aromatic N) is 4. The van der Waals surface area contributed by atoms with Crippen LogP contribution in [0.1, 0.15) is 19.2 Å². The second kappa shape index (κ2) is 8.41. The van der Waals surface area contributed by atoms with Gasteiger partial charge >= 0.3 is 0 Å². The number of likely N-dealkylation sites (tertiary alicyclic amines) is 1. The minimum Gasteiger partial charge on any atom is -0.357 e. The molecule has 1 saturated heterocycles. The maximum absolute atomic E-state index is 12.8. The van der Waals surface area contributed by atoms with Gasteiger partial charge in [-0.2, -0.15) is 0 Å². The number of imidazole rings is 1. The van der Waals surface area contributed by atoms with Crippen LogP contribution in [-0.4, -0.2) is 58.4 Å². The molecule has 1 aromatic carbocycles.